The van der Waals surface area contributed by atoms with Crippen molar-refractivity contribution in [3.05, 3.63) is 11.9 Å². The first-order valence-electron chi connectivity index (χ1n) is 6.39. The van der Waals surface area contributed by atoms with E-state index in [1.165, 1.54) is 10.9 Å². The monoisotopic (exact) mass is 273 g/mol. The van der Waals surface area contributed by atoms with Crippen molar-refractivity contribution in [1.29, 1.82) is 0 Å². The van der Waals surface area contributed by atoms with Crippen molar-refractivity contribution in [3.8, 4) is 0 Å². The van der Waals surface area contributed by atoms with E-state index in [0.29, 0.717) is 5.69 Å². The molecule has 1 unspecified atom stereocenters. The summed E-state index contributed by atoms with van der Waals surface area (Å²) < 4.78 is 28.5. The van der Waals surface area contributed by atoms with Crippen LogP contribution in [0.3, 0.4) is 0 Å². The summed E-state index contributed by atoms with van der Waals surface area (Å²) in [6.45, 7) is 5.74. The molecule has 0 fully saturated rings. The summed E-state index contributed by atoms with van der Waals surface area (Å²) in [5.74, 6) is 0. The Morgan fingerprint density at radius 1 is 1.44 bits per heavy atom. The highest BCUT2D eigenvalue weighted by Crippen LogP contribution is 2.14. The highest BCUT2D eigenvalue weighted by Gasteiger charge is 2.21. The second-order valence-corrected chi connectivity index (χ2v) is 6.45. The molecule has 0 bridgehead atoms. The van der Waals surface area contributed by atoms with Crippen LogP contribution >= 0.6 is 0 Å². The molecular formula is C12H23N3O2S. The summed E-state index contributed by atoms with van der Waals surface area (Å²) in [6, 6.07) is -0.0406. The van der Waals surface area contributed by atoms with Gasteiger partial charge < -0.3 is 0 Å². The van der Waals surface area contributed by atoms with Gasteiger partial charge in [0.25, 0.3) is 0 Å². The minimum absolute atomic E-state index is 0.0406. The minimum Gasteiger partial charge on any atom is -0.274 e. The zero-order valence-corrected chi connectivity index (χ0v) is 12.4. The molecule has 1 aromatic heterocycles. The zero-order valence-electron chi connectivity index (χ0n) is 11.6. The van der Waals surface area contributed by atoms with E-state index < -0.39 is 10.0 Å². The van der Waals surface area contributed by atoms with Crippen LogP contribution in [0.2, 0.25) is 0 Å². The predicted molar refractivity (Wildman–Crippen MR) is 71.9 cm³/mol. The molecule has 0 aliphatic rings. The molecule has 6 heteroatoms. The van der Waals surface area contributed by atoms with Crippen LogP contribution in [0.5, 0.6) is 0 Å². The SMILES string of the molecule is CCCCCC(C)NS(=O)(=O)c1cn(C)nc1C. The van der Waals surface area contributed by atoms with E-state index in [1.54, 1.807) is 14.0 Å². The molecule has 0 spiro atoms. The molecule has 1 heterocycles. The van der Waals surface area contributed by atoms with Crippen LogP contribution in [0.1, 0.15) is 45.2 Å². The zero-order chi connectivity index (χ0) is 13.8. The normalized spacial score (nSPS) is 13.8. The molecule has 0 saturated carbocycles. The van der Waals surface area contributed by atoms with E-state index in [4.69, 9.17) is 0 Å². The maximum atomic E-state index is 12.1. The number of hydrogen-bond donors (Lipinski definition) is 1. The second-order valence-electron chi connectivity index (χ2n) is 4.77. The van der Waals surface area contributed by atoms with E-state index in [2.05, 4.69) is 16.7 Å². The molecule has 0 aromatic carbocycles. The van der Waals surface area contributed by atoms with Crippen molar-refractivity contribution in [3.63, 3.8) is 0 Å². The molecule has 0 saturated heterocycles. The third-order valence-electron chi connectivity index (χ3n) is 2.85. The van der Waals surface area contributed by atoms with Crippen molar-refractivity contribution < 1.29 is 8.42 Å². The van der Waals surface area contributed by atoms with Crippen molar-refractivity contribution in [1.82, 2.24) is 14.5 Å². The highest BCUT2D eigenvalue weighted by molar-refractivity contribution is 7.89. The Morgan fingerprint density at radius 3 is 2.61 bits per heavy atom. The molecule has 1 N–H and O–H groups in total. The summed E-state index contributed by atoms with van der Waals surface area (Å²) in [6.07, 6.45) is 5.73. The Bertz CT molecular complexity index is 480. The quantitative estimate of drug-likeness (QED) is 0.773. The van der Waals surface area contributed by atoms with Crippen LogP contribution in [0.15, 0.2) is 11.1 Å². The first kappa shape index (κ1) is 15.2. The number of rotatable bonds is 7. The van der Waals surface area contributed by atoms with E-state index in [1.807, 2.05) is 6.92 Å². The number of sulfonamides is 1. The Hall–Kier alpha value is -0.880. The summed E-state index contributed by atoms with van der Waals surface area (Å²) in [4.78, 5) is 0.271. The standard InChI is InChI=1S/C12H23N3O2S/c1-5-6-7-8-10(2)14-18(16,17)12-9-15(4)13-11(12)3/h9-10,14H,5-8H2,1-4H3. The van der Waals surface area contributed by atoms with Gasteiger partial charge in [-0.3, -0.25) is 4.68 Å². The van der Waals surface area contributed by atoms with Gasteiger partial charge >= 0.3 is 0 Å². The molecule has 0 aliphatic heterocycles. The number of hydrogen-bond acceptors (Lipinski definition) is 3. The molecular weight excluding hydrogens is 250 g/mol. The van der Waals surface area contributed by atoms with Crippen molar-refractivity contribution in [2.24, 2.45) is 7.05 Å². The minimum atomic E-state index is -3.44. The third kappa shape index (κ3) is 4.10. The fraction of sp³-hybridized carbons (Fsp3) is 0.750. The lowest BCUT2D eigenvalue weighted by Gasteiger charge is -2.13. The molecule has 0 amide bonds. The number of unbranched alkanes of at least 4 members (excludes halogenated alkanes) is 2. The molecule has 0 aliphatic carbocycles. The average Bonchev–Trinajstić information content (AvgIpc) is 2.58. The highest BCUT2D eigenvalue weighted by atomic mass is 32.2. The van der Waals surface area contributed by atoms with E-state index in [0.717, 1.165) is 25.7 Å². The number of nitrogens with zero attached hydrogens (tertiary/aromatic N) is 2. The van der Waals surface area contributed by atoms with Crippen molar-refractivity contribution >= 4 is 10.0 Å². The summed E-state index contributed by atoms with van der Waals surface area (Å²) in [7, 11) is -1.72. The van der Waals surface area contributed by atoms with Crippen LogP contribution in [-0.2, 0) is 17.1 Å². The van der Waals surface area contributed by atoms with Gasteiger partial charge in [-0.15, -0.1) is 0 Å². The molecule has 18 heavy (non-hydrogen) atoms. The van der Waals surface area contributed by atoms with Gasteiger partial charge in [-0.2, -0.15) is 5.10 Å². The summed E-state index contributed by atoms with van der Waals surface area (Å²) >= 11 is 0. The lowest BCUT2D eigenvalue weighted by Crippen LogP contribution is -2.32. The van der Waals surface area contributed by atoms with Crippen LogP contribution in [-0.4, -0.2) is 24.2 Å². The van der Waals surface area contributed by atoms with Crippen LogP contribution in [0.4, 0.5) is 0 Å². The molecule has 1 aromatic rings. The Labute approximate surface area is 110 Å². The fourth-order valence-corrected chi connectivity index (χ4v) is 3.43. The average molecular weight is 273 g/mol. The van der Waals surface area contributed by atoms with Crippen LogP contribution in [0, 0.1) is 6.92 Å². The first-order chi connectivity index (χ1) is 8.36. The Morgan fingerprint density at radius 2 is 2.11 bits per heavy atom. The van der Waals surface area contributed by atoms with Crippen molar-refractivity contribution in [2.45, 2.75) is 57.4 Å². The molecule has 1 rings (SSSR count). The summed E-state index contributed by atoms with van der Waals surface area (Å²) in [5, 5.41) is 4.06. The van der Waals surface area contributed by atoms with Crippen LogP contribution < -0.4 is 4.72 Å². The molecule has 104 valence electrons. The lowest BCUT2D eigenvalue weighted by atomic mass is 10.1. The Balaban J connectivity index is 2.67. The van der Waals surface area contributed by atoms with Gasteiger partial charge in [-0.25, -0.2) is 13.1 Å². The van der Waals surface area contributed by atoms with Gasteiger partial charge in [-0.05, 0) is 20.3 Å². The molecule has 0 radical (unpaired) electrons. The fourth-order valence-electron chi connectivity index (χ4n) is 1.93. The van der Waals surface area contributed by atoms with Gasteiger partial charge in [0.05, 0.1) is 5.69 Å². The number of nitrogens with one attached hydrogen (secondary N) is 1. The van der Waals surface area contributed by atoms with Gasteiger partial charge in [0, 0.05) is 19.3 Å². The summed E-state index contributed by atoms with van der Waals surface area (Å²) in [5.41, 5.74) is 0.533. The molecule has 1 atom stereocenters. The van der Waals surface area contributed by atoms with Crippen molar-refractivity contribution in [2.75, 3.05) is 0 Å². The third-order valence-corrected chi connectivity index (χ3v) is 4.55. The van der Waals surface area contributed by atoms with Gasteiger partial charge in [-0.1, -0.05) is 26.2 Å². The second kappa shape index (κ2) is 6.33. The lowest BCUT2D eigenvalue weighted by molar-refractivity contribution is 0.527. The number of aromatic nitrogens is 2. The van der Waals surface area contributed by atoms with Gasteiger partial charge in [0.2, 0.25) is 10.0 Å². The largest absolute Gasteiger partial charge is 0.274 e. The topological polar surface area (TPSA) is 64.0 Å². The number of aryl methyl sites for hydroxylation is 2. The molecule has 5 nitrogen and oxygen atoms in total. The smallest absolute Gasteiger partial charge is 0.244 e. The van der Waals surface area contributed by atoms with E-state index in [9.17, 15) is 8.42 Å². The van der Waals surface area contributed by atoms with E-state index in [-0.39, 0.29) is 10.9 Å². The Kier molecular flexibility index (Phi) is 5.34. The van der Waals surface area contributed by atoms with E-state index >= 15 is 0 Å². The predicted octanol–water partition coefficient (Wildman–Crippen LogP) is 1.98. The first-order valence-corrected chi connectivity index (χ1v) is 7.87. The van der Waals surface area contributed by atoms with Crippen LogP contribution in [0.25, 0.3) is 0 Å². The van der Waals surface area contributed by atoms with Gasteiger partial charge in [0.1, 0.15) is 4.90 Å². The van der Waals surface area contributed by atoms with Gasteiger partial charge in [0.15, 0.2) is 0 Å². The maximum absolute atomic E-state index is 12.1. The maximum Gasteiger partial charge on any atom is 0.244 e.